The van der Waals surface area contributed by atoms with Gasteiger partial charge in [0.05, 0.1) is 34.1 Å². The van der Waals surface area contributed by atoms with E-state index in [0.717, 1.165) is 31.9 Å². The third-order valence-corrected chi connectivity index (χ3v) is 4.90. The lowest BCUT2D eigenvalue weighted by Crippen LogP contribution is -2.04. The second kappa shape index (κ2) is 6.54. The van der Waals surface area contributed by atoms with E-state index in [2.05, 4.69) is 19.7 Å². The molecule has 0 aliphatic carbocycles. The molecule has 0 unspecified atom stereocenters. The van der Waals surface area contributed by atoms with E-state index in [1.807, 2.05) is 31.2 Å². The van der Waals surface area contributed by atoms with Gasteiger partial charge in [0, 0.05) is 5.56 Å². The highest BCUT2D eigenvalue weighted by Gasteiger charge is 2.14. The third-order valence-electron chi connectivity index (χ3n) is 3.84. The third kappa shape index (κ3) is 3.09. The maximum Gasteiger partial charge on any atom is 0.388 e. The summed E-state index contributed by atoms with van der Waals surface area (Å²) in [4.78, 5) is 13.0. The molecule has 4 aromatic rings. The molecule has 0 saturated heterocycles. The minimum absolute atomic E-state index is 0.0328. The summed E-state index contributed by atoms with van der Waals surface area (Å²) < 4.78 is 30.1. The van der Waals surface area contributed by atoms with E-state index >= 15 is 0 Å². The van der Waals surface area contributed by atoms with E-state index in [-0.39, 0.29) is 12.5 Å². The van der Waals surface area contributed by atoms with E-state index in [4.69, 9.17) is 0 Å². The first-order chi connectivity index (χ1) is 12.5. The van der Waals surface area contributed by atoms with Crippen molar-refractivity contribution in [3.8, 4) is 16.5 Å². The zero-order valence-electron chi connectivity index (χ0n) is 13.6. The predicted molar refractivity (Wildman–Crippen MR) is 95.4 cm³/mol. The van der Waals surface area contributed by atoms with Gasteiger partial charge in [0.2, 0.25) is 5.88 Å². The van der Waals surface area contributed by atoms with Gasteiger partial charge in [0.15, 0.2) is 0 Å². The molecule has 26 heavy (non-hydrogen) atoms. The Balaban J connectivity index is 1.87. The van der Waals surface area contributed by atoms with E-state index in [1.54, 1.807) is 6.07 Å². The van der Waals surface area contributed by atoms with Gasteiger partial charge < -0.3 is 9.84 Å². The van der Waals surface area contributed by atoms with Crippen LogP contribution in [-0.4, -0.2) is 26.7 Å². The molecule has 2 heterocycles. The number of fused-ring (bicyclic) bond motifs is 2. The number of aliphatic hydroxyl groups is 1. The average molecular weight is 373 g/mol. The van der Waals surface area contributed by atoms with Crippen molar-refractivity contribution in [1.82, 2.24) is 15.0 Å². The van der Waals surface area contributed by atoms with Crippen LogP contribution in [0.4, 0.5) is 8.78 Å². The highest BCUT2D eigenvalue weighted by molar-refractivity contribution is 7.21. The topological polar surface area (TPSA) is 68.1 Å². The van der Waals surface area contributed by atoms with Crippen LogP contribution in [0.5, 0.6) is 5.88 Å². The fourth-order valence-electron chi connectivity index (χ4n) is 2.74. The smallest absolute Gasteiger partial charge is 0.388 e. The van der Waals surface area contributed by atoms with Crippen molar-refractivity contribution in [1.29, 1.82) is 0 Å². The predicted octanol–water partition coefficient (Wildman–Crippen LogP) is 4.31. The van der Waals surface area contributed by atoms with Gasteiger partial charge in [0.25, 0.3) is 0 Å². The van der Waals surface area contributed by atoms with Gasteiger partial charge in [-0.25, -0.2) is 15.0 Å². The summed E-state index contributed by atoms with van der Waals surface area (Å²) in [7, 11) is 0. The first-order valence-electron chi connectivity index (χ1n) is 7.76. The number of rotatable bonds is 4. The summed E-state index contributed by atoms with van der Waals surface area (Å²) >= 11 is 1.48. The molecule has 4 rings (SSSR count). The van der Waals surface area contributed by atoms with Crippen molar-refractivity contribution in [3.63, 3.8) is 0 Å². The quantitative estimate of drug-likeness (QED) is 0.577. The molecule has 0 saturated carbocycles. The number of hydrogen-bond donors (Lipinski definition) is 1. The summed E-state index contributed by atoms with van der Waals surface area (Å²) in [5.74, 6) is -0.221. The molecule has 0 atom stereocenters. The molecule has 2 aromatic heterocycles. The number of thiazole rings is 1. The molecule has 132 valence electrons. The zero-order valence-corrected chi connectivity index (χ0v) is 14.4. The van der Waals surface area contributed by atoms with Gasteiger partial charge in [-0.05, 0) is 42.3 Å². The van der Waals surface area contributed by atoms with Crippen LogP contribution in [-0.2, 0) is 6.61 Å². The van der Waals surface area contributed by atoms with Crippen LogP contribution in [0.2, 0.25) is 0 Å². The normalized spacial score (nSPS) is 11.6. The van der Waals surface area contributed by atoms with Crippen LogP contribution in [0, 0.1) is 6.92 Å². The van der Waals surface area contributed by atoms with Crippen LogP contribution in [0.3, 0.4) is 0 Å². The van der Waals surface area contributed by atoms with Crippen LogP contribution in [0.25, 0.3) is 31.8 Å². The zero-order chi connectivity index (χ0) is 18.3. The number of hydrogen-bond acceptors (Lipinski definition) is 6. The Morgan fingerprint density at radius 2 is 2.00 bits per heavy atom. The molecule has 0 aliphatic rings. The number of ether oxygens (including phenoxy) is 1. The minimum Gasteiger partial charge on any atom is -0.415 e. The molecule has 0 aliphatic heterocycles. The monoisotopic (exact) mass is 373 g/mol. The largest absolute Gasteiger partial charge is 0.415 e. The van der Waals surface area contributed by atoms with Crippen molar-refractivity contribution in [2.75, 3.05) is 0 Å². The molecule has 0 amide bonds. The standard InChI is InChI=1S/C18H13F2N3O2S/c1-9-4-11(16-13(5-9)22-15(7-21-16)25-18(19)20)17-23-12-3-2-10(8-24)6-14(12)26-17/h2-7,18,24H,8H2,1H3. The van der Waals surface area contributed by atoms with E-state index < -0.39 is 6.61 Å². The first kappa shape index (κ1) is 16.7. The lowest BCUT2D eigenvalue weighted by Gasteiger charge is -2.07. The maximum atomic E-state index is 12.4. The van der Waals surface area contributed by atoms with Crippen molar-refractivity contribution < 1.29 is 18.6 Å². The van der Waals surface area contributed by atoms with Crippen molar-refractivity contribution >= 4 is 32.6 Å². The van der Waals surface area contributed by atoms with Crippen LogP contribution in [0.1, 0.15) is 11.1 Å². The Hall–Kier alpha value is -2.71. The van der Waals surface area contributed by atoms with Crippen LogP contribution < -0.4 is 4.74 Å². The number of benzene rings is 2. The Labute approximate surface area is 150 Å². The van der Waals surface area contributed by atoms with Gasteiger partial charge in [-0.3, -0.25) is 0 Å². The number of halogens is 2. The number of aryl methyl sites for hydroxylation is 1. The summed E-state index contributed by atoms with van der Waals surface area (Å²) in [6, 6.07) is 9.29. The van der Waals surface area contributed by atoms with Crippen molar-refractivity contribution in [2.24, 2.45) is 0 Å². The SMILES string of the molecule is Cc1cc(-c2nc3ccc(CO)cc3s2)c2ncc(OC(F)F)nc2c1. The Morgan fingerprint density at radius 3 is 2.77 bits per heavy atom. The molecule has 0 fully saturated rings. The van der Waals surface area contributed by atoms with Crippen LogP contribution in [0.15, 0.2) is 36.5 Å². The highest BCUT2D eigenvalue weighted by Crippen LogP contribution is 2.35. The summed E-state index contributed by atoms with van der Waals surface area (Å²) in [6.07, 6.45) is 1.19. The van der Waals surface area contributed by atoms with Gasteiger partial charge in [0.1, 0.15) is 5.01 Å². The second-order valence-electron chi connectivity index (χ2n) is 5.75. The molecule has 0 bridgehead atoms. The number of nitrogens with zero attached hydrogens (tertiary/aromatic N) is 3. The average Bonchev–Trinajstić information content (AvgIpc) is 3.03. The summed E-state index contributed by atoms with van der Waals surface area (Å²) in [5.41, 5.74) is 4.36. The number of aliphatic hydroxyl groups excluding tert-OH is 1. The Bertz CT molecular complexity index is 1110. The molecular formula is C18H13F2N3O2S. The fraction of sp³-hybridized carbons (Fsp3) is 0.167. The molecule has 2 aromatic carbocycles. The van der Waals surface area contributed by atoms with E-state index in [9.17, 15) is 13.9 Å². The van der Waals surface area contributed by atoms with Gasteiger partial charge in [-0.15, -0.1) is 11.3 Å². The summed E-state index contributed by atoms with van der Waals surface area (Å²) in [5, 5.41) is 10.0. The summed E-state index contributed by atoms with van der Waals surface area (Å²) in [6.45, 7) is -1.09. The lowest BCUT2D eigenvalue weighted by atomic mass is 10.1. The molecule has 8 heteroatoms. The molecule has 5 nitrogen and oxygen atoms in total. The van der Waals surface area contributed by atoms with Gasteiger partial charge in [-0.1, -0.05) is 6.07 Å². The molecule has 0 radical (unpaired) electrons. The first-order valence-corrected chi connectivity index (χ1v) is 8.58. The highest BCUT2D eigenvalue weighted by atomic mass is 32.1. The van der Waals surface area contributed by atoms with Gasteiger partial charge in [-0.2, -0.15) is 8.78 Å². The molecule has 0 spiro atoms. The second-order valence-corrected chi connectivity index (χ2v) is 6.78. The van der Waals surface area contributed by atoms with Crippen molar-refractivity contribution in [2.45, 2.75) is 20.1 Å². The fourth-order valence-corrected chi connectivity index (χ4v) is 3.79. The molecule has 1 N–H and O–H groups in total. The van der Waals surface area contributed by atoms with E-state index in [1.165, 1.54) is 17.5 Å². The Morgan fingerprint density at radius 1 is 1.15 bits per heavy atom. The minimum atomic E-state index is -2.95. The van der Waals surface area contributed by atoms with Crippen molar-refractivity contribution in [3.05, 3.63) is 47.7 Å². The van der Waals surface area contributed by atoms with E-state index in [0.29, 0.717) is 11.0 Å². The lowest BCUT2D eigenvalue weighted by molar-refractivity contribution is -0.0528. The van der Waals surface area contributed by atoms with Crippen LogP contribution >= 0.6 is 11.3 Å². The number of aromatic nitrogens is 3. The molecular weight excluding hydrogens is 360 g/mol. The maximum absolute atomic E-state index is 12.4. The van der Waals surface area contributed by atoms with Gasteiger partial charge >= 0.3 is 6.61 Å². The Kier molecular flexibility index (Phi) is 4.21. The number of alkyl halides is 2.